The number of aliphatic hydroxyl groups is 1. The minimum atomic E-state index is -1.01. The molecule has 1 aromatic rings. The molecule has 1 fully saturated rings. The van der Waals surface area contributed by atoms with Crippen molar-refractivity contribution in [3.8, 4) is 0 Å². The number of ether oxygens (including phenoxy) is 1. The molecule has 1 unspecified atom stereocenters. The molecular formula is C17H18N3O6+. The minimum absolute atomic E-state index is 0.0649. The fourth-order valence-electron chi connectivity index (χ4n) is 3.09. The predicted molar refractivity (Wildman–Crippen MR) is 87.0 cm³/mol. The predicted octanol–water partition coefficient (Wildman–Crippen LogP) is -1.38. The summed E-state index contributed by atoms with van der Waals surface area (Å²) in [6.45, 7) is 2.04. The molecule has 2 aliphatic heterocycles. The summed E-state index contributed by atoms with van der Waals surface area (Å²) in [5, 5.41) is 11.7. The van der Waals surface area contributed by atoms with Crippen molar-refractivity contribution < 1.29 is 34.0 Å². The highest BCUT2D eigenvalue weighted by atomic mass is 16.6. The number of nitrogens with one attached hydrogen (secondary N) is 2. The normalized spacial score (nSPS) is 20.3. The van der Waals surface area contributed by atoms with Crippen LogP contribution < -0.4 is 10.3 Å². The van der Waals surface area contributed by atoms with Gasteiger partial charge in [-0.05, 0) is 19.4 Å². The van der Waals surface area contributed by atoms with Gasteiger partial charge in [0.15, 0.2) is 6.54 Å². The van der Waals surface area contributed by atoms with Gasteiger partial charge in [0.05, 0.1) is 17.7 Å². The second-order valence-electron chi connectivity index (χ2n) is 5.88. The average Bonchev–Trinajstić information content (AvgIpc) is 2.85. The van der Waals surface area contributed by atoms with Crippen LogP contribution in [0.2, 0.25) is 0 Å². The quantitative estimate of drug-likeness (QED) is 0.345. The van der Waals surface area contributed by atoms with E-state index in [1.807, 2.05) is 0 Å². The van der Waals surface area contributed by atoms with Gasteiger partial charge in [0.25, 0.3) is 11.8 Å². The summed E-state index contributed by atoms with van der Waals surface area (Å²) in [6.07, 6.45) is -0.221. The Balaban J connectivity index is 1.90. The first-order valence-corrected chi connectivity index (χ1v) is 8.20. The summed E-state index contributed by atoms with van der Waals surface area (Å²) >= 11 is 0. The zero-order valence-electron chi connectivity index (χ0n) is 14.1. The number of imide groups is 2. The van der Waals surface area contributed by atoms with Gasteiger partial charge in [-0.15, -0.1) is 0 Å². The highest BCUT2D eigenvalue weighted by Crippen LogP contribution is 2.29. The average molecular weight is 360 g/mol. The van der Waals surface area contributed by atoms with E-state index in [9.17, 15) is 24.3 Å². The second kappa shape index (κ2) is 6.95. The van der Waals surface area contributed by atoms with E-state index in [0.29, 0.717) is 5.56 Å². The van der Waals surface area contributed by atoms with Gasteiger partial charge in [0.1, 0.15) is 6.04 Å². The number of nitrogens with zero attached hydrogens (tertiary/aromatic N) is 1. The lowest BCUT2D eigenvalue weighted by Crippen LogP contribution is -2.72. The standard InChI is InChI=1S/C17H17N3O6/c1-2-26-17(25)18-8-9-4-3-5-10-13(9)16(24)20(15(10)23)11-6-7-12(21)19-14(11)22/h3-5,11H,2,6-8H2,1H3,(H,18,25)(H,19,21,22)/p+1. The Bertz CT molecular complexity index is 832. The Labute approximate surface area is 148 Å². The Morgan fingerprint density at radius 3 is 2.77 bits per heavy atom. The van der Waals surface area contributed by atoms with Gasteiger partial charge in [-0.2, -0.15) is 4.99 Å². The third-order valence-corrected chi connectivity index (χ3v) is 4.27. The van der Waals surface area contributed by atoms with Crippen molar-refractivity contribution in [3.05, 3.63) is 34.9 Å². The van der Waals surface area contributed by atoms with Crippen LogP contribution in [0.1, 0.15) is 46.0 Å². The number of benzene rings is 1. The fourth-order valence-corrected chi connectivity index (χ4v) is 3.09. The van der Waals surface area contributed by atoms with Crippen molar-refractivity contribution in [1.82, 2.24) is 10.2 Å². The number of hydrogen-bond acceptors (Lipinski definition) is 5. The van der Waals surface area contributed by atoms with Gasteiger partial charge in [-0.3, -0.25) is 29.4 Å². The molecule has 0 bridgehead atoms. The first-order valence-electron chi connectivity index (χ1n) is 8.20. The van der Waals surface area contributed by atoms with E-state index in [0.717, 1.165) is 4.90 Å². The molecule has 0 aliphatic carbocycles. The van der Waals surface area contributed by atoms with Crippen molar-refractivity contribution in [2.24, 2.45) is 0 Å². The molecule has 26 heavy (non-hydrogen) atoms. The Hall–Kier alpha value is -3.23. The summed E-state index contributed by atoms with van der Waals surface area (Å²) in [5.41, 5.74) is 0.857. The maximum Gasteiger partial charge on any atom is 0.545 e. The lowest BCUT2D eigenvalue weighted by molar-refractivity contribution is -0.496. The molecule has 0 saturated carbocycles. The number of aliphatic hydroxyl groups excluding tert-OH is 1. The van der Waals surface area contributed by atoms with E-state index in [2.05, 4.69) is 10.3 Å². The highest BCUT2D eigenvalue weighted by molar-refractivity contribution is 6.24. The Kier molecular flexibility index (Phi) is 4.70. The van der Waals surface area contributed by atoms with Crippen LogP contribution in [-0.2, 0) is 20.9 Å². The summed E-state index contributed by atoms with van der Waals surface area (Å²) in [7, 11) is 0. The molecule has 1 atom stereocenters. The molecule has 0 radical (unpaired) electrons. The van der Waals surface area contributed by atoms with E-state index in [1.165, 1.54) is 6.07 Å². The smallest absolute Gasteiger partial charge is 0.430 e. The number of amides is 4. The van der Waals surface area contributed by atoms with Crippen LogP contribution in [-0.4, -0.2) is 52.4 Å². The van der Waals surface area contributed by atoms with Crippen molar-refractivity contribution >= 4 is 29.7 Å². The van der Waals surface area contributed by atoms with Gasteiger partial charge in [-0.25, -0.2) is 0 Å². The van der Waals surface area contributed by atoms with Crippen molar-refractivity contribution in [2.75, 3.05) is 6.61 Å². The number of fused-ring (bicyclic) bond motifs is 1. The Morgan fingerprint density at radius 2 is 2.08 bits per heavy atom. The Morgan fingerprint density at radius 1 is 1.31 bits per heavy atom. The van der Waals surface area contributed by atoms with Gasteiger partial charge >= 0.3 is 6.08 Å². The van der Waals surface area contributed by atoms with E-state index < -0.39 is 29.7 Å². The maximum atomic E-state index is 12.8. The van der Waals surface area contributed by atoms with E-state index >= 15 is 0 Å². The lowest BCUT2D eigenvalue weighted by atomic mass is 10.0. The molecule has 9 heteroatoms. The molecular weight excluding hydrogens is 342 g/mol. The van der Waals surface area contributed by atoms with Crippen molar-refractivity contribution in [1.29, 1.82) is 0 Å². The first kappa shape index (κ1) is 17.6. The summed E-state index contributed by atoms with van der Waals surface area (Å²) in [6, 6.07) is 3.76. The topological polar surface area (TPSA) is 127 Å². The molecule has 0 aromatic heterocycles. The van der Waals surface area contributed by atoms with Crippen LogP contribution >= 0.6 is 0 Å². The zero-order chi connectivity index (χ0) is 18.8. The van der Waals surface area contributed by atoms with Gasteiger partial charge in [0.2, 0.25) is 11.8 Å². The fraction of sp³-hybridized carbons (Fsp3) is 0.353. The summed E-state index contributed by atoms with van der Waals surface area (Å²) < 4.78 is 4.89. The van der Waals surface area contributed by atoms with Crippen LogP contribution in [0.4, 0.5) is 0 Å². The maximum absolute atomic E-state index is 12.8. The van der Waals surface area contributed by atoms with Gasteiger partial charge in [-0.1, -0.05) is 12.1 Å². The molecule has 2 aliphatic rings. The van der Waals surface area contributed by atoms with E-state index in [4.69, 9.17) is 4.74 Å². The molecule has 4 amide bonds. The third kappa shape index (κ3) is 3.03. The second-order valence-corrected chi connectivity index (χ2v) is 5.88. The number of hydrogen-bond donors (Lipinski definition) is 3. The van der Waals surface area contributed by atoms with Gasteiger partial charge < -0.3 is 9.84 Å². The van der Waals surface area contributed by atoms with E-state index in [1.54, 1.807) is 19.1 Å². The molecule has 0 spiro atoms. The minimum Gasteiger partial charge on any atom is -0.430 e. The molecule has 1 aromatic carbocycles. The van der Waals surface area contributed by atoms with Crippen molar-refractivity contribution in [2.45, 2.75) is 32.4 Å². The molecule has 1 saturated heterocycles. The number of rotatable bonds is 4. The van der Waals surface area contributed by atoms with Crippen LogP contribution in [0.3, 0.4) is 0 Å². The summed E-state index contributed by atoms with van der Waals surface area (Å²) in [4.78, 5) is 52.4. The van der Waals surface area contributed by atoms with Crippen LogP contribution in [0.25, 0.3) is 0 Å². The number of carbonyl (C=O) groups excluding carboxylic acids is 4. The van der Waals surface area contributed by atoms with Crippen LogP contribution in [0.5, 0.6) is 0 Å². The molecule has 9 nitrogen and oxygen atoms in total. The molecule has 3 N–H and O–H groups in total. The monoisotopic (exact) mass is 360 g/mol. The third-order valence-electron chi connectivity index (χ3n) is 4.27. The number of piperidine rings is 1. The van der Waals surface area contributed by atoms with E-state index in [-0.39, 0.29) is 43.2 Å². The lowest BCUT2D eigenvalue weighted by Gasteiger charge is -2.27. The molecule has 2 heterocycles. The first-order chi connectivity index (χ1) is 12.4. The van der Waals surface area contributed by atoms with Crippen molar-refractivity contribution in [3.63, 3.8) is 0 Å². The summed E-state index contributed by atoms with van der Waals surface area (Å²) in [5.74, 6) is -2.24. The van der Waals surface area contributed by atoms with Crippen LogP contribution in [0.15, 0.2) is 18.2 Å². The van der Waals surface area contributed by atoms with Gasteiger partial charge in [0, 0.05) is 12.0 Å². The molecule has 136 valence electrons. The largest absolute Gasteiger partial charge is 0.545 e. The van der Waals surface area contributed by atoms with Crippen LogP contribution in [0, 0.1) is 0 Å². The molecule has 3 rings (SSSR count). The zero-order valence-corrected chi connectivity index (χ0v) is 14.1. The SMILES string of the molecule is CCOC(O)=[NH+]Cc1cccc2c1C(=O)N(C1CCC(=O)NC1=O)C2=O. The highest BCUT2D eigenvalue weighted by Gasteiger charge is 2.45. The number of carbonyl (C=O) groups is 4.